The summed E-state index contributed by atoms with van der Waals surface area (Å²) in [5.74, 6) is -1.51. The van der Waals surface area contributed by atoms with Crippen LogP contribution in [0.25, 0.3) is 0 Å². The molecular weight excluding hydrogens is 226 g/mol. The summed E-state index contributed by atoms with van der Waals surface area (Å²) in [7, 11) is 0. The Bertz CT molecular complexity index is 281. The number of rotatable bonds is 4. The minimum atomic E-state index is -0.956. The molecule has 1 heterocycles. The van der Waals surface area contributed by atoms with E-state index in [0.717, 1.165) is 0 Å². The van der Waals surface area contributed by atoms with Gasteiger partial charge in [-0.25, -0.2) is 4.79 Å². The van der Waals surface area contributed by atoms with Crippen LogP contribution >= 0.6 is 24.0 Å². The Kier molecular flexibility index (Phi) is 3.70. The van der Waals surface area contributed by atoms with Crippen molar-refractivity contribution in [2.75, 3.05) is 12.3 Å². The van der Waals surface area contributed by atoms with E-state index in [1.807, 2.05) is 0 Å². The lowest BCUT2D eigenvalue weighted by Gasteiger charge is -2.21. The van der Waals surface area contributed by atoms with E-state index >= 15 is 0 Å². The molecule has 1 saturated heterocycles. The molecule has 1 rings (SSSR count). The summed E-state index contributed by atoms with van der Waals surface area (Å²) in [6.45, 7) is 0.165. The van der Waals surface area contributed by atoms with Gasteiger partial charge in [-0.2, -0.15) is 0 Å². The Hall–Kier alpha value is -0.820. The molecule has 1 atom stereocenters. The lowest BCUT2D eigenvalue weighted by molar-refractivity contribution is -0.142. The van der Waals surface area contributed by atoms with E-state index in [4.69, 9.17) is 22.4 Å². The van der Waals surface area contributed by atoms with Gasteiger partial charge < -0.3 is 15.1 Å². The van der Waals surface area contributed by atoms with Gasteiger partial charge in [0.05, 0.1) is 6.42 Å². The summed E-state index contributed by atoms with van der Waals surface area (Å²) in [5, 5.41) is 17.3. The van der Waals surface area contributed by atoms with Gasteiger partial charge in [-0.1, -0.05) is 24.0 Å². The van der Waals surface area contributed by atoms with Gasteiger partial charge in [0.2, 0.25) is 0 Å². The van der Waals surface area contributed by atoms with E-state index in [-0.39, 0.29) is 13.0 Å². The van der Waals surface area contributed by atoms with Crippen molar-refractivity contribution in [3.05, 3.63) is 0 Å². The second kappa shape index (κ2) is 4.61. The minimum Gasteiger partial charge on any atom is -0.481 e. The highest BCUT2D eigenvalue weighted by Crippen LogP contribution is 2.24. The molecule has 0 saturated carbocycles. The number of hydrogen-bond donors (Lipinski definition) is 2. The van der Waals surface area contributed by atoms with Crippen molar-refractivity contribution < 1.29 is 19.8 Å². The Labute approximate surface area is 90.1 Å². The minimum absolute atomic E-state index is 0.0928. The molecule has 0 bridgehead atoms. The number of thiocarbonyl (C=S) groups is 1. The average molecular weight is 235 g/mol. The zero-order valence-corrected chi connectivity index (χ0v) is 8.81. The lowest BCUT2D eigenvalue weighted by Crippen LogP contribution is -2.40. The molecule has 1 unspecified atom stereocenters. The highest BCUT2D eigenvalue weighted by Gasteiger charge is 2.34. The average Bonchev–Trinajstić information content (AvgIpc) is 2.43. The standard InChI is InChI=1S/C7H9NO4S2/c9-5(10)1-2-8-4(6(11)12)3-14-7(8)13/h4H,1-3H2,(H,9,10)(H,11,12). The summed E-state index contributed by atoms with van der Waals surface area (Å²) >= 11 is 6.20. The zero-order valence-electron chi connectivity index (χ0n) is 7.17. The number of carboxylic acid groups (broad SMARTS) is 2. The second-order valence-electron chi connectivity index (χ2n) is 2.77. The van der Waals surface area contributed by atoms with E-state index in [1.54, 1.807) is 0 Å². The predicted molar refractivity (Wildman–Crippen MR) is 55.4 cm³/mol. The maximum Gasteiger partial charge on any atom is 0.327 e. The number of aliphatic carboxylic acids is 2. The maximum atomic E-state index is 10.7. The first-order valence-electron chi connectivity index (χ1n) is 3.90. The molecule has 7 heteroatoms. The summed E-state index contributed by atoms with van der Waals surface area (Å²) < 4.78 is 0.471. The molecule has 0 aromatic rings. The molecule has 0 spiro atoms. The van der Waals surface area contributed by atoms with Gasteiger partial charge in [-0.05, 0) is 0 Å². The molecule has 1 aliphatic rings. The molecule has 0 aromatic carbocycles. The quantitative estimate of drug-likeness (QED) is 0.676. The van der Waals surface area contributed by atoms with Crippen LogP contribution in [-0.4, -0.2) is 49.7 Å². The lowest BCUT2D eigenvalue weighted by atomic mass is 10.3. The first-order chi connectivity index (χ1) is 6.52. The topological polar surface area (TPSA) is 77.8 Å². The number of thioether (sulfide) groups is 1. The molecule has 0 aliphatic carbocycles. The molecular formula is C7H9NO4S2. The molecule has 0 radical (unpaired) electrons. The summed E-state index contributed by atoms with van der Waals surface area (Å²) in [4.78, 5) is 22.5. The fourth-order valence-corrected chi connectivity index (χ4v) is 2.55. The van der Waals surface area contributed by atoms with Crippen molar-refractivity contribution in [3.8, 4) is 0 Å². The van der Waals surface area contributed by atoms with Crippen molar-refractivity contribution in [1.82, 2.24) is 4.90 Å². The first kappa shape index (κ1) is 11.3. The van der Waals surface area contributed by atoms with Gasteiger partial charge in [0, 0.05) is 12.3 Å². The van der Waals surface area contributed by atoms with Crippen molar-refractivity contribution >= 4 is 40.2 Å². The van der Waals surface area contributed by atoms with Gasteiger partial charge in [-0.15, -0.1) is 0 Å². The van der Waals surface area contributed by atoms with Crippen molar-refractivity contribution in [2.45, 2.75) is 12.5 Å². The highest BCUT2D eigenvalue weighted by molar-refractivity contribution is 8.23. The van der Waals surface area contributed by atoms with E-state index in [9.17, 15) is 9.59 Å². The van der Waals surface area contributed by atoms with Gasteiger partial charge in [0.1, 0.15) is 10.4 Å². The highest BCUT2D eigenvalue weighted by atomic mass is 32.2. The molecule has 5 nitrogen and oxygen atoms in total. The van der Waals surface area contributed by atoms with Crippen LogP contribution in [0.1, 0.15) is 6.42 Å². The normalized spacial score (nSPS) is 21.3. The SMILES string of the molecule is O=C(O)CCN1C(=S)SCC1C(=O)O. The molecule has 1 aliphatic heterocycles. The third-order valence-electron chi connectivity index (χ3n) is 1.83. The van der Waals surface area contributed by atoms with Gasteiger partial charge >= 0.3 is 11.9 Å². The number of carbonyl (C=O) groups is 2. The van der Waals surface area contributed by atoms with Crippen LogP contribution in [0.2, 0.25) is 0 Å². The Morgan fingerprint density at radius 1 is 1.57 bits per heavy atom. The molecule has 2 N–H and O–H groups in total. The van der Waals surface area contributed by atoms with E-state index in [2.05, 4.69) is 0 Å². The van der Waals surface area contributed by atoms with Gasteiger partial charge in [-0.3, -0.25) is 4.79 Å². The van der Waals surface area contributed by atoms with E-state index < -0.39 is 18.0 Å². The molecule has 14 heavy (non-hydrogen) atoms. The van der Waals surface area contributed by atoms with Crippen molar-refractivity contribution in [3.63, 3.8) is 0 Å². The fraction of sp³-hybridized carbons (Fsp3) is 0.571. The molecule has 1 fully saturated rings. The third kappa shape index (κ3) is 2.58. The molecule has 78 valence electrons. The first-order valence-corrected chi connectivity index (χ1v) is 5.29. The van der Waals surface area contributed by atoms with E-state index in [0.29, 0.717) is 10.1 Å². The Morgan fingerprint density at radius 2 is 2.21 bits per heavy atom. The summed E-state index contributed by atoms with van der Waals surface area (Å²) in [6.07, 6.45) is -0.0928. The Balaban J connectivity index is 2.58. The number of nitrogens with zero attached hydrogens (tertiary/aromatic N) is 1. The van der Waals surface area contributed by atoms with Crippen molar-refractivity contribution in [1.29, 1.82) is 0 Å². The van der Waals surface area contributed by atoms with Crippen LogP contribution < -0.4 is 0 Å². The molecule has 0 amide bonds. The number of hydrogen-bond acceptors (Lipinski definition) is 4. The maximum absolute atomic E-state index is 10.7. The zero-order chi connectivity index (χ0) is 10.7. The number of carboxylic acids is 2. The monoisotopic (exact) mass is 235 g/mol. The Morgan fingerprint density at radius 3 is 2.71 bits per heavy atom. The predicted octanol–water partition coefficient (Wildman–Crippen LogP) is 0.248. The van der Waals surface area contributed by atoms with Gasteiger partial charge in [0.15, 0.2) is 0 Å². The van der Waals surface area contributed by atoms with Gasteiger partial charge in [0.25, 0.3) is 0 Å². The summed E-state index contributed by atoms with van der Waals surface area (Å²) in [5.41, 5.74) is 0. The summed E-state index contributed by atoms with van der Waals surface area (Å²) in [6, 6.07) is -0.674. The largest absolute Gasteiger partial charge is 0.481 e. The molecule has 0 aromatic heterocycles. The van der Waals surface area contributed by atoms with Crippen LogP contribution in [0.5, 0.6) is 0 Å². The van der Waals surface area contributed by atoms with Crippen molar-refractivity contribution in [2.24, 2.45) is 0 Å². The van der Waals surface area contributed by atoms with Crippen LogP contribution in [0, 0.1) is 0 Å². The third-order valence-corrected chi connectivity index (χ3v) is 3.38. The van der Waals surface area contributed by atoms with Crippen LogP contribution in [-0.2, 0) is 9.59 Å². The second-order valence-corrected chi connectivity index (χ2v) is 4.42. The smallest absolute Gasteiger partial charge is 0.327 e. The van der Waals surface area contributed by atoms with E-state index in [1.165, 1.54) is 16.7 Å². The van der Waals surface area contributed by atoms with Crippen LogP contribution in [0.4, 0.5) is 0 Å². The van der Waals surface area contributed by atoms with Crippen LogP contribution in [0.3, 0.4) is 0 Å². The fourth-order valence-electron chi connectivity index (χ4n) is 1.12. The van der Waals surface area contributed by atoms with Crippen LogP contribution in [0.15, 0.2) is 0 Å².